The number of benzene rings is 2. The number of hydrogen-bond acceptors (Lipinski definition) is 2. The molecule has 2 heteroatoms. The smallest absolute Gasteiger partial charge is 0.0943 e. The molecular weight excluding hydrogens is 276 g/mol. The maximum Gasteiger partial charge on any atom is 0.0943 e. The number of thioether (sulfide) groups is 1. The van der Waals surface area contributed by atoms with Gasteiger partial charge in [0.2, 0.25) is 0 Å². The van der Waals surface area contributed by atoms with E-state index in [-0.39, 0.29) is 4.75 Å². The molecule has 3 unspecified atom stereocenters. The van der Waals surface area contributed by atoms with Crippen molar-refractivity contribution in [2.45, 2.75) is 36.0 Å². The highest BCUT2D eigenvalue weighted by atomic mass is 32.2. The highest BCUT2D eigenvalue weighted by molar-refractivity contribution is 8.01. The van der Waals surface area contributed by atoms with E-state index in [1.807, 2.05) is 48.2 Å². The number of rotatable bonds is 5. The minimum Gasteiger partial charge on any atom is -0.387 e. The Morgan fingerprint density at radius 2 is 1.57 bits per heavy atom. The molecule has 0 saturated heterocycles. The minimum absolute atomic E-state index is 0.0725. The van der Waals surface area contributed by atoms with Gasteiger partial charge in [-0.3, -0.25) is 0 Å². The van der Waals surface area contributed by atoms with Gasteiger partial charge < -0.3 is 5.11 Å². The summed E-state index contributed by atoms with van der Waals surface area (Å²) in [5, 5.41) is 11.0. The Labute approximate surface area is 131 Å². The van der Waals surface area contributed by atoms with Crippen molar-refractivity contribution in [3.05, 3.63) is 66.2 Å². The van der Waals surface area contributed by atoms with Crippen LogP contribution in [0.5, 0.6) is 0 Å². The van der Waals surface area contributed by atoms with Gasteiger partial charge in [-0.25, -0.2) is 0 Å². The van der Waals surface area contributed by atoms with Crippen molar-refractivity contribution in [2.24, 2.45) is 11.8 Å². The van der Waals surface area contributed by atoms with Gasteiger partial charge in [-0.1, -0.05) is 62.4 Å². The van der Waals surface area contributed by atoms with E-state index in [2.05, 4.69) is 38.1 Å². The van der Waals surface area contributed by atoms with Crippen LogP contribution in [0.4, 0.5) is 0 Å². The van der Waals surface area contributed by atoms with Gasteiger partial charge >= 0.3 is 0 Å². The molecule has 1 aliphatic rings. The van der Waals surface area contributed by atoms with Crippen molar-refractivity contribution in [3.8, 4) is 0 Å². The summed E-state index contributed by atoms with van der Waals surface area (Å²) in [5.41, 5.74) is 1.03. The SMILES string of the molecule is CC(C)C1CC1(Sc1ccccc1)C(O)c1ccccc1. The predicted octanol–water partition coefficient (Wildman–Crippen LogP) is 4.93. The Kier molecular flexibility index (Phi) is 4.10. The first-order valence-electron chi connectivity index (χ1n) is 7.60. The topological polar surface area (TPSA) is 20.2 Å². The monoisotopic (exact) mass is 298 g/mol. The van der Waals surface area contributed by atoms with Crippen LogP contribution in [0.25, 0.3) is 0 Å². The first-order chi connectivity index (χ1) is 10.1. The molecule has 1 saturated carbocycles. The van der Waals surface area contributed by atoms with Crippen molar-refractivity contribution in [1.82, 2.24) is 0 Å². The minimum atomic E-state index is -0.406. The van der Waals surface area contributed by atoms with Crippen LogP contribution >= 0.6 is 11.8 Å². The van der Waals surface area contributed by atoms with E-state index in [9.17, 15) is 5.11 Å². The van der Waals surface area contributed by atoms with Gasteiger partial charge in [-0.2, -0.15) is 0 Å². The maximum atomic E-state index is 11.0. The lowest BCUT2D eigenvalue weighted by Gasteiger charge is -2.25. The number of aliphatic hydroxyl groups excluding tert-OH is 1. The maximum absolute atomic E-state index is 11.0. The first-order valence-corrected chi connectivity index (χ1v) is 8.42. The van der Waals surface area contributed by atoms with Gasteiger partial charge in [0.15, 0.2) is 0 Å². The van der Waals surface area contributed by atoms with Crippen LogP contribution in [0.3, 0.4) is 0 Å². The molecule has 0 radical (unpaired) electrons. The lowest BCUT2D eigenvalue weighted by Crippen LogP contribution is -2.21. The van der Waals surface area contributed by atoms with Crippen molar-refractivity contribution < 1.29 is 5.11 Å². The zero-order valence-electron chi connectivity index (χ0n) is 12.6. The number of hydrogen-bond donors (Lipinski definition) is 1. The second kappa shape index (κ2) is 5.86. The molecule has 3 atom stereocenters. The third-order valence-electron chi connectivity index (χ3n) is 4.44. The van der Waals surface area contributed by atoms with Gasteiger partial charge in [0.25, 0.3) is 0 Å². The number of aliphatic hydroxyl groups is 1. The third-order valence-corrected chi connectivity index (χ3v) is 6.02. The Morgan fingerprint density at radius 3 is 2.10 bits per heavy atom. The van der Waals surface area contributed by atoms with Crippen molar-refractivity contribution in [2.75, 3.05) is 0 Å². The lowest BCUT2D eigenvalue weighted by atomic mass is 9.99. The summed E-state index contributed by atoms with van der Waals surface area (Å²) in [7, 11) is 0. The van der Waals surface area contributed by atoms with E-state index in [0.29, 0.717) is 11.8 Å². The molecule has 1 N–H and O–H groups in total. The molecule has 1 aliphatic carbocycles. The zero-order chi connectivity index (χ0) is 14.9. The first kappa shape index (κ1) is 14.7. The molecule has 0 amide bonds. The van der Waals surface area contributed by atoms with E-state index in [4.69, 9.17) is 0 Å². The van der Waals surface area contributed by atoms with Crippen LogP contribution in [-0.4, -0.2) is 9.85 Å². The fraction of sp³-hybridized carbons (Fsp3) is 0.368. The summed E-state index contributed by atoms with van der Waals surface area (Å²) in [5.74, 6) is 1.16. The molecule has 21 heavy (non-hydrogen) atoms. The summed E-state index contributed by atoms with van der Waals surface area (Å²) in [4.78, 5) is 1.25. The molecule has 2 aromatic rings. The summed E-state index contributed by atoms with van der Waals surface area (Å²) < 4.78 is -0.0725. The van der Waals surface area contributed by atoms with Gasteiger partial charge in [-0.15, -0.1) is 11.8 Å². The van der Waals surface area contributed by atoms with E-state index in [1.54, 1.807) is 0 Å². The molecule has 1 fully saturated rings. The second-order valence-electron chi connectivity index (χ2n) is 6.24. The van der Waals surface area contributed by atoms with Crippen LogP contribution in [0.15, 0.2) is 65.6 Å². The van der Waals surface area contributed by atoms with Crippen molar-refractivity contribution in [3.63, 3.8) is 0 Å². The Bertz CT molecular complexity index is 581. The third kappa shape index (κ3) is 2.88. The average molecular weight is 298 g/mol. The average Bonchev–Trinajstić information content (AvgIpc) is 3.24. The van der Waals surface area contributed by atoms with Gasteiger partial charge in [-0.05, 0) is 36.0 Å². The van der Waals surface area contributed by atoms with Crippen LogP contribution in [0.2, 0.25) is 0 Å². The Morgan fingerprint density at radius 1 is 1.00 bits per heavy atom. The molecule has 110 valence electrons. The standard InChI is InChI=1S/C19H22OS/c1-14(2)17-13-19(17,21-16-11-7-4-8-12-16)18(20)15-9-5-3-6-10-15/h3-12,14,17-18,20H,13H2,1-2H3. The van der Waals surface area contributed by atoms with Crippen LogP contribution in [0, 0.1) is 11.8 Å². The van der Waals surface area contributed by atoms with Gasteiger partial charge in [0.1, 0.15) is 0 Å². The van der Waals surface area contributed by atoms with Crippen LogP contribution in [-0.2, 0) is 0 Å². The summed E-state index contributed by atoms with van der Waals surface area (Å²) in [6.07, 6.45) is 0.677. The highest BCUT2D eigenvalue weighted by Gasteiger charge is 2.60. The molecule has 0 spiro atoms. The summed E-state index contributed by atoms with van der Waals surface area (Å²) in [6, 6.07) is 20.5. The summed E-state index contributed by atoms with van der Waals surface area (Å²) >= 11 is 1.85. The molecule has 3 rings (SSSR count). The lowest BCUT2D eigenvalue weighted by molar-refractivity contribution is 0.157. The fourth-order valence-electron chi connectivity index (χ4n) is 3.20. The molecule has 0 aromatic heterocycles. The predicted molar refractivity (Wildman–Crippen MR) is 89.4 cm³/mol. The zero-order valence-corrected chi connectivity index (χ0v) is 13.4. The van der Waals surface area contributed by atoms with Gasteiger partial charge in [0.05, 0.1) is 10.9 Å². The van der Waals surface area contributed by atoms with Crippen molar-refractivity contribution >= 4 is 11.8 Å². The van der Waals surface area contributed by atoms with E-state index < -0.39 is 6.10 Å². The second-order valence-corrected chi connectivity index (χ2v) is 7.67. The molecule has 0 aliphatic heterocycles. The largest absolute Gasteiger partial charge is 0.387 e. The van der Waals surface area contributed by atoms with Gasteiger partial charge in [0, 0.05) is 4.90 Å². The van der Waals surface area contributed by atoms with Crippen LogP contribution in [0.1, 0.15) is 31.9 Å². The van der Waals surface area contributed by atoms with E-state index in [0.717, 1.165) is 12.0 Å². The Balaban J connectivity index is 1.88. The fourth-order valence-corrected chi connectivity index (χ4v) is 4.86. The molecule has 2 aromatic carbocycles. The van der Waals surface area contributed by atoms with E-state index >= 15 is 0 Å². The van der Waals surface area contributed by atoms with E-state index in [1.165, 1.54) is 4.90 Å². The quantitative estimate of drug-likeness (QED) is 0.845. The molecule has 0 bridgehead atoms. The molecule has 0 heterocycles. The van der Waals surface area contributed by atoms with Crippen LogP contribution < -0.4 is 0 Å². The highest BCUT2D eigenvalue weighted by Crippen LogP contribution is 2.65. The summed E-state index contributed by atoms with van der Waals surface area (Å²) in [6.45, 7) is 4.52. The molecule has 1 nitrogen and oxygen atoms in total. The van der Waals surface area contributed by atoms with Crippen molar-refractivity contribution in [1.29, 1.82) is 0 Å². The normalized spacial score (nSPS) is 25.8. The Hall–Kier alpha value is -1.25. The molecular formula is C19H22OS.